The fraction of sp³-hybridized carbons (Fsp3) is 0.333. The first-order valence-electron chi connectivity index (χ1n) is 5.26. The van der Waals surface area contributed by atoms with E-state index >= 15 is 0 Å². The summed E-state index contributed by atoms with van der Waals surface area (Å²) in [7, 11) is 0. The molecule has 0 aromatic heterocycles. The minimum Gasteiger partial charge on any atom is -0.352 e. The SMILES string of the molecule is CCNC(=O)c1c[c]cc(C(=O)NCC)c1. The Bertz CT molecular complexity index is 355. The predicted molar refractivity (Wildman–Crippen MR) is 61.3 cm³/mol. The van der Waals surface area contributed by atoms with Crippen molar-refractivity contribution in [3.8, 4) is 0 Å². The number of carbonyl (C=O) groups is 2. The van der Waals surface area contributed by atoms with Crippen LogP contribution in [0.4, 0.5) is 0 Å². The molecule has 0 heterocycles. The van der Waals surface area contributed by atoms with Gasteiger partial charge in [0.1, 0.15) is 0 Å². The zero-order valence-corrected chi connectivity index (χ0v) is 9.46. The van der Waals surface area contributed by atoms with E-state index in [-0.39, 0.29) is 11.8 Å². The standard InChI is InChI=1S/C12H15N2O2/c1-3-13-11(15)9-6-5-7-10(8-9)12(16)14-4-2/h6-8H,3-4H2,1-2H3,(H,13,15)(H,14,16). The van der Waals surface area contributed by atoms with E-state index in [1.54, 1.807) is 18.2 Å². The Labute approximate surface area is 95.0 Å². The molecule has 4 heteroatoms. The van der Waals surface area contributed by atoms with Crippen LogP contribution in [0.3, 0.4) is 0 Å². The van der Waals surface area contributed by atoms with Crippen LogP contribution in [0, 0.1) is 6.07 Å². The first-order chi connectivity index (χ1) is 7.69. The molecule has 1 rings (SSSR count). The number of nitrogens with one attached hydrogen (secondary N) is 2. The lowest BCUT2D eigenvalue weighted by Crippen LogP contribution is -2.25. The maximum atomic E-state index is 11.5. The molecule has 0 aliphatic heterocycles. The molecule has 0 aliphatic carbocycles. The minimum absolute atomic E-state index is 0.190. The van der Waals surface area contributed by atoms with Gasteiger partial charge in [0.15, 0.2) is 0 Å². The number of benzene rings is 1. The molecular formula is C12H15N2O2. The summed E-state index contributed by atoms with van der Waals surface area (Å²) in [6, 6.07) is 7.47. The molecule has 0 atom stereocenters. The van der Waals surface area contributed by atoms with Crippen molar-refractivity contribution >= 4 is 11.8 Å². The fourth-order valence-corrected chi connectivity index (χ4v) is 1.26. The van der Waals surface area contributed by atoms with Crippen molar-refractivity contribution in [2.75, 3.05) is 13.1 Å². The van der Waals surface area contributed by atoms with Crippen molar-refractivity contribution in [2.24, 2.45) is 0 Å². The van der Waals surface area contributed by atoms with E-state index in [2.05, 4.69) is 16.7 Å². The smallest absolute Gasteiger partial charge is 0.251 e. The molecular weight excluding hydrogens is 204 g/mol. The number of hydrogen-bond donors (Lipinski definition) is 2. The van der Waals surface area contributed by atoms with Gasteiger partial charge in [0, 0.05) is 24.2 Å². The van der Waals surface area contributed by atoms with Crippen LogP contribution >= 0.6 is 0 Å². The zero-order chi connectivity index (χ0) is 12.0. The molecule has 0 unspecified atom stereocenters. The summed E-state index contributed by atoms with van der Waals surface area (Å²) < 4.78 is 0. The molecule has 1 radical (unpaired) electrons. The third-order valence-electron chi connectivity index (χ3n) is 1.99. The summed E-state index contributed by atoms with van der Waals surface area (Å²) >= 11 is 0. The van der Waals surface area contributed by atoms with Crippen molar-refractivity contribution in [3.63, 3.8) is 0 Å². The van der Waals surface area contributed by atoms with Gasteiger partial charge < -0.3 is 10.6 Å². The molecule has 2 amide bonds. The molecule has 0 saturated heterocycles. The molecule has 1 aromatic carbocycles. The first-order valence-corrected chi connectivity index (χ1v) is 5.26. The van der Waals surface area contributed by atoms with Crippen molar-refractivity contribution in [3.05, 3.63) is 35.4 Å². The Kier molecular flexibility index (Phi) is 4.51. The van der Waals surface area contributed by atoms with Gasteiger partial charge in [-0.3, -0.25) is 9.59 Å². The normalized spacial score (nSPS) is 9.62. The van der Waals surface area contributed by atoms with E-state index in [1.165, 1.54) is 0 Å². The monoisotopic (exact) mass is 219 g/mol. The average Bonchev–Trinajstić information content (AvgIpc) is 2.30. The highest BCUT2D eigenvalue weighted by atomic mass is 16.2. The molecule has 0 bridgehead atoms. The van der Waals surface area contributed by atoms with E-state index in [4.69, 9.17) is 0 Å². The Balaban J connectivity index is 2.86. The van der Waals surface area contributed by atoms with Gasteiger partial charge in [-0.05, 0) is 38.1 Å². The molecule has 1 aromatic rings. The summed E-state index contributed by atoms with van der Waals surface area (Å²) in [4.78, 5) is 23.0. The number of amides is 2. The Hall–Kier alpha value is -1.84. The fourth-order valence-electron chi connectivity index (χ4n) is 1.26. The summed E-state index contributed by atoms with van der Waals surface area (Å²) in [5.74, 6) is -0.380. The van der Waals surface area contributed by atoms with Crippen molar-refractivity contribution in [1.82, 2.24) is 10.6 Å². The maximum absolute atomic E-state index is 11.5. The molecule has 0 spiro atoms. The van der Waals surface area contributed by atoms with Crippen LogP contribution in [0.2, 0.25) is 0 Å². The zero-order valence-electron chi connectivity index (χ0n) is 9.46. The molecule has 0 aliphatic rings. The van der Waals surface area contributed by atoms with E-state index in [9.17, 15) is 9.59 Å². The van der Waals surface area contributed by atoms with Gasteiger partial charge in [0.05, 0.1) is 0 Å². The van der Waals surface area contributed by atoms with Gasteiger partial charge in [-0.1, -0.05) is 0 Å². The second kappa shape index (κ2) is 5.90. The second-order valence-corrected chi connectivity index (χ2v) is 3.23. The third-order valence-corrected chi connectivity index (χ3v) is 1.99. The average molecular weight is 219 g/mol. The number of hydrogen-bond acceptors (Lipinski definition) is 2. The minimum atomic E-state index is -0.190. The third kappa shape index (κ3) is 3.08. The summed E-state index contributed by atoms with van der Waals surface area (Å²) in [6.07, 6.45) is 0. The maximum Gasteiger partial charge on any atom is 0.251 e. The van der Waals surface area contributed by atoms with E-state index in [0.717, 1.165) is 0 Å². The van der Waals surface area contributed by atoms with Crippen molar-refractivity contribution < 1.29 is 9.59 Å². The lowest BCUT2D eigenvalue weighted by atomic mass is 10.1. The van der Waals surface area contributed by atoms with Crippen molar-refractivity contribution in [1.29, 1.82) is 0 Å². The Morgan fingerprint density at radius 3 is 1.88 bits per heavy atom. The lowest BCUT2D eigenvalue weighted by Gasteiger charge is -2.05. The summed E-state index contributed by atoms with van der Waals surface area (Å²) in [5, 5.41) is 5.34. The van der Waals surface area contributed by atoms with Gasteiger partial charge in [-0.25, -0.2) is 0 Å². The number of carbonyl (C=O) groups excluding carboxylic acids is 2. The van der Waals surface area contributed by atoms with Crippen LogP contribution in [0.15, 0.2) is 18.2 Å². The van der Waals surface area contributed by atoms with Crippen LogP contribution in [-0.2, 0) is 0 Å². The van der Waals surface area contributed by atoms with Gasteiger partial charge >= 0.3 is 0 Å². The van der Waals surface area contributed by atoms with Gasteiger partial charge in [-0.15, -0.1) is 0 Å². The van der Waals surface area contributed by atoms with Crippen LogP contribution in [0.5, 0.6) is 0 Å². The highest BCUT2D eigenvalue weighted by Crippen LogP contribution is 2.04. The number of rotatable bonds is 4. The van der Waals surface area contributed by atoms with Gasteiger partial charge in [0.2, 0.25) is 0 Å². The van der Waals surface area contributed by atoms with Crippen LogP contribution in [0.1, 0.15) is 34.6 Å². The molecule has 4 nitrogen and oxygen atoms in total. The van der Waals surface area contributed by atoms with Crippen LogP contribution < -0.4 is 10.6 Å². The van der Waals surface area contributed by atoms with Gasteiger partial charge in [-0.2, -0.15) is 0 Å². The quantitative estimate of drug-likeness (QED) is 0.793. The highest BCUT2D eigenvalue weighted by molar-refractivity contribution is 5.99. The van der Waals surface area contributed by atoms with Crippen LogP contribution in [-0.4, -0.2) is 24.9 Å². The lowest BCUT2D eigenvalue weighted by molar-refractivity contribution is 0.0955. The van der Waals surface area contributed by atoms with E-state index < -0.39 is 0 Å². The van der Waals surface area contributed by atoms with E-state index in [0.29, 0.717) is 24.2 Å². The Morgan fingerprint density at radius 1 is 1.06 bits per heavy atom. The highest BCUT2D eigenvalue weighted by Gasteiger charge is 2.08. The summed E-state index contributed by atoms with van der Waals surface area (Å²) in [6.45, 7) is 4.80. The molecule has 16 heavy (non-hydrogen) atoms. The molecule has 0 fully saturated rings. The topological polar surface area (TPSA) is 58.2 Å². The molecule has 2 N–H and O–H groups in total. The molecule has 0 saturated carbocycles. The second-order valence-electron chi connectivity index (χ2n) is 3.23. The van der Waals surface area contributed by atoms with Gasteiger partial charge in [0.25, 0.3) is 11.8 Å². The predicted octanol–water partition coefficient (Wildman–Crippen LogP) is 0.986. The first kappa shape index (κ1) is 12.2. The molecule has 85 valence electrons. The Morgan fingerprint density at radius 2 is 1.50 bits per heavy atom. The van der Waals surface area contributed by atoms with Crippen LogP contribution in [0.25, 0.3) is 0 Å². The van der Waals surface area contributed by atoms with Crippen molar-refractivity contribution in [2.45, 2.75) is 13.8 Å². The van der Waals surface area contributed by atoms with E-state index in [1.807, 2.05) is 13.8 Å². The largest absolute Gasteiger partial charge is 0.352 e. The summed E-state index contributed by atoms with van der Waals surface area (Å²) in [5.41, 5.74) is 0.899.